The molecule has 0 amide bonds. The predicted octanol–water partition coefficient (Wildman–Crippen LogP) is 3.87. The number of H-pyrrole nitrogens is 1. The molecule has 3 heterocycles. The maximum absolute atomic E-state index is 6.23. The Balaban J connectivity index is 1.96. The van der Waals surface area contributed by atoms with E-state index in [0.29, 0.717) is 0 Å². The van der Waals surface area contributed by atoms with Gasteiger partial charge in [0.25, 0.3) is 0 Å². The first-order valence-corrected chi connectivity index (χ1v) is 6.97. The number of nitrogens with one attached hydrogen (secondary N) is 1. The summed E-state index contributed by atoms with van der Waals surface area (Å²) in [5.74, 6) is 0. The Kier molecular flexibility index (Phi) is 2.53. The van der Waals surface area contributed by atoms with Crippen molar-refractivity contribution >= 4 is 33.5 Å². The van der Waals surface area contributed by atoms with Crippen LogP contribution in [0.2, 0.25) is 5.02 Å². The highest BCUT2D eigenvalue weighted by Gasteiger charge is 2.21. The van der Waals surface area contributed by atoms with E-state index in [0.717, 1.165) is 46.4 Å². The Hall–Kier alpha value is -1.52. The van der Waals surface area contributed by atoms with Crippen LogP contribution in [0.4, 0.5) is 0 Å². The highest BCUT2D eigenvalue weighted by Crippen LogP contribution is 2.33. The van der Waals surface area contributed by atoms with E-state index in [9.17, 15) is 0 Å². The molecular formula is C14H14ClN3O. The molecule has 0 saturated carbocycles. The normalized spacial score (nSPS) is 20.4. The summed E-state index contributed by atoms with van der Waals surface area (Å²) in [5.41, 5.74) is 3.07. The Morgan fingerprint density at radius 3 is 3.16 bits per heavy atom. The molecule has 1 aromatic carbocycles. The fraction of sp³-hybridized carbons (Fsp3) is 0.357. The lowest BCUT2D eigenvalue weighted by Gasteiger charge is -2.23. The molecule has 98 valence electrons. The van der Waals surface area contributed by atoms with Crippen molar-refractivity contribution in [3.8, 4) is 0 Å². The molecule has 3 aromatic rings. The highest BCUT2D eigenvalue weighted by atomic mass is 35.5. The van der Waals surface area contributed by atoms with Crippen molar-refractivity contribution in [1.82, 2.24) is 14.8 Å². The smallest absolute Gasteiger partial charge is 0.150 e. The van der Waals surface area contributed by atoms with Crippen LogP contribution in [0.1, 0.15) is 25.5 Å². The zero-order valence-corrected chi connectivity index (χ0v) is 11.2. The molecule has 2 aromatic heterocycles. The molecule has 0 bridgehead atoms. The van der Waals surface area contributed by atoms with Gasteiger partial charge in [0.2, 0.25) is 0 Å². The number of aromatic nitrogens is 3. The van der Waals surface area contributed by atoms with Crippen molar-refractivity contribution in [1.29, 1.82) is 0 Å². The van der Waals surface area contributed by atoms with Crippen LogP contribution in [-0.2, 0) is 4.74 Å². The Bertz CT molecular complexity index is 740. The lowest BCUT2D eigenvalue weighted by molar-refractivity contribution is -0.0365. The molecule has 1 atom stereocenters. The molecular weight excluding hydrogens is 262 g/mol. The van der Waals surface area contributed by atoms with Gasteiger partial charge in [-0.1, -0.05) is 23.7 Å². The van der Waals surface area contributed by atoms with Gasteiger partial charge in [0.05, 0.1) is 27.8 Å². The summed E-state index contributed by atoms with van der Waals surface area (Å²) < 4.78 is 7.82. The van der Waals surface area contributed by atoms with Gasteiger partial charge < -0.3 is 9.72 Å². The molecule has 0 spiro atoms. The maximum Gasteiger partial charge on any atom is 0.150 e. The number of benzene rings is 1. The van der Waals surface area contributed by atoms with Crippen molar-refractivity contribution in [2.24, 2.45) is 0 Å². The molecule has 1 unspecified atom stereocenters. The van der Waals surface area contributed by atoms with Crippen LogP contribution in [0.5, 0.6) is 0 Å². The first kappa shape index (κ1) is 11.3. The molecule has 1 saturated heterocycles. The minimum absolute atomic E-state index is 0.0456. The van der Waals surface area contributed by atoms with E-state index in [2.05, 4.69) is 16.1 Å². The van der Waals surface area contributed by atoms with Gasteiger partial charge in [-0.2, -0.15) is 5.10 Å². The summed E-state index contributed by atoms with van der Waals surface area (Å²) >= 11 is 6.23. The number of hydrogen-bond donors (Lipinski definition) is 1. The molecule has 19 heavy (non-hydrogen) atoms. The van der Waals surface area contributed by atoms with Crippen LogP contribution < -0.4 is 0 Å². The fourth-order valence-electron chi connectivity index (χ4n) is 2.84. The lowest BCUT2D eigenvalue weighted by Crippen LogP contribution is -2.18. The number of nitrogens with zero attached hydrogens (tertiary/aromatic N) is 2. The molecule has 4 nitrogen and oxygen atoms in total. The number of aromatic amines is 1. The van der Waals surface area contributed by atoms with E-state index in [-0.39, 0.29) is 6.23 Å². The molecule has 1 fully saturated rings. The van der Waals surface area contributed by atoms with Crippen LogP contribution in [0.15, 0.2) is 24.4 Å². The summed E-state index contributed by atoms with van der Waals surface area (Å²) in [6, 6.07) is 5.94. The van der Waals surface area contributed by atoms with Crippen molar-refractivity contribution in [2.75, 3.05) is 6.61 Å². The molecule has 1 aliphatic rings. The summed E-state index contributed by atoms with van der Waals surface area (Å²) in [5, 5.41) is 6.32. The van der Waals surface area contributed by atoms with Gasteiger partial charge in [-0.3, -0.25) is 0 Å². The number of halogens is 1. The zero-order valence-electron chi connectivity index (χ0n) is 10.4. The highest BCUT2D eigenvalue weighted by molar-refractivity contribution is 6.36. The number of fused-ring (bicyclic) bond motifs is 3. The lowest BCUT2D eigenvalue weighted by atomic mass is 10.2. The summed E-state index contributed by atoms with van der Waals surface area (Å²) in [6.45, 7) is 0.815. The van der Waals surface area contributed by atoms with Crippen molar-refractivity contribution in [3.63, 3.8) is 0 Å². The third-order valence-electron chi connectivity index (χ3n) is 3.75. The van der Waals surface area contributed by atoms with Crippen LogP contribution in [0.25, 0.3) is 21.9 Å². The maximum atomic E-state index is 6.23. The number of hydrogen-bond acceptors (Lipinski definition) is 2. The molecule has 0 aliphatic carbocycles. The van der Waals surface area contributed by atoms with Crippen LogP contribution in [-0.4, -0.2) is 21.4 Å². The quantitative estimate of drug-likeness (QED) is 0.732. The van der Waals surface area contributed by atoms with E-state index in [1.165, 1.54) is 6.42 Å². The van der Waals surface area contributed by atoms with Crippen LogP contribution >= 0.6 is 11.6 Å². The molecule has 1 aliphatic heterocycles. The second kappa shape index (κ2) is 4.25. The van der Waals surface area contributed by atoms with Gasteiger partial charge in [-0.05, 0) is 25.3 Å². The largest absolute Gasteiger partial charge is 0.356 e. The Morgan fingerprint density at radius 1 is 1.37 bits per heavy atom. The second-order valence-corrected chi connectivity index (χ2v) is 5.37. The van der Waals surface area contributed by atoms with E-state index >= 15 is 0 Å². The summed E-state index contributed by atoms with van der Waals surface area (Å²) in [4.78, 5) is 3.33. The third kappa shape index (κ3) is 1.67. The Morgan fingerprint density at radius 2 is 2.32 bits per heavy atom. The first-order valence-electron chi connectivity index (χ1n) is 6.59. The summed E-state index contributed by atoms with van der Waals surface area (Å²) in [7, 11) is 0. The topological polar surface area (TPSA) is 42.8 Å². The monoisotopic (exact) mass is 275 g/mol. The van der Waals surface area contributed by atoms with Gasteiger partial charge in [-0.25, -0.2) is 4.68 Å². The molecule has 5 heteroatoms. The van der Waals surface area contributed by atoms with Gasteiger partial charge in [0.1, 0.15) is 0 Å². The van der Waals surface area contributed by atoms with E-state index in [1.807, 2.05) is 23.0 Å². The van der Waals surface area contributed by atoms with Gasteiger partial charge in [0, 0.05) is 12.0 Å². The standard InChI is InChI=1S/C14H14ClN3O/c15-10-5-3-4-9-13(10)17-11-8-16-18(14(9)11)12-6-1-2-7-19-12/h3-5,8,12,17H,1-2,6-7H2. The third-order valence-corrected chi connectivity index (χ3v) is 4.07. The fourth-order valence-corrected chi connectivity index (χ4v) is 3.06. The van der Waals surface area contributed by atoms with Crippen molar-refractivity contribution in [3.05, 3.63) is 29.4 Å². The van der Waals surface area contributed by atoms with Gasteiger partial charge >= 0.3 is 0 Å². The minimum Gasteiger partial charge on any atom is -0.356 e. The average molecular weight is 276 g/mol. The Labute approximate surface area is 115 Å². The SMILES string of the molecule is Clc1cccc2c1[nH]c1cnn(C3CCCCO3)c12. The summed E-state index contributed by atoms with van der Waals surface area (Å²) in [6.07, 6.45) is 5.24. The number of rotatable bonds is 1. The average Bonchev–Trinajstić information content (AvgIpc) is 3.00. The van der Waals surface area contributed by atoms with E-state index < -0.39 is 0 Å². The number of para-hydroxylation sites is 1. The van der Waals surface area contributed by atoms with Crippen LogP contribution in [0, 0.1) is 0 Å². The van der Waals surface area contributed by atoms with Crippen LogP contribution in [0.3, 0.4) is 0 Å². The van der Waals surface area contributed by atoms with Gasteiger partial charge in [0.15, 0.2) is 6.23 Å². The zero-order chi connectivity index (χ0) is 12.8. The molecule has 1 N–H and O–H groups in total. The first-order chi connectivity index (χ1) is 9.34. The molecule has 0 radical (unpaired) electrons. The number of ether oxygens (including phenoxy) is 1. The van der Waals surface area contributed by atoms with Crippen molar-refractivity contribution in [2.45, 2.75) is 25.5 Å². The van der Waals surface area contributed by atoms with E-state index in [1.54, 1.807) is 0 Å². The second-order valence-electron chi connectivity index (χ2n) is 4.96. The van der Waals surface area contributed by atoms with Crippen molar-refractivity contribution < 1.29 is 4.74 Å². The van der Waals surface area contributed by atoms with Gasteiger partial charge in [-0.15, -0.1) is 0 Å². The van der Waals surface area contributed by atoms with E-state index in [4.69, 9.17) is 16.3 Å². The predicted molar refractivity (Wildman–Crippen MR) is 75.4 cm³/mol. The minimum atomic E-state index is 0.0456. The molecule has 4 rings (SSSR count).